The highest BCUT2D eigenvalue weighted by molar-refractivity contribution is 5.94. The Kier molecular flexibility index (Phi) is 3.36. The molecule has 0 amide bonds. The maximum absolute atomic E-state index is 12.9. The molecule has 94 valence electrons. The summed E-state index contributed by atoms with van der Waals surface area (Å²) >= 11 is 0. The lowest BCUT2D eigenvalue weighted by Crippen LogP contribution is -2.07. The Morgan fingerprint density at radius 1 is 1.39 bits per heavy atom. The van der Waals surface area contributed by atoms with Crippen LogP contribution in [0.5, 0.6) is 0 Å². The molecule has 6 heteroatoms. The van der Waals surface area contributed by atoms with Crippen molar-refractivity contribution in [2.75, 3.05) is 6.61 Å². The molecule has 0 radical (unpaired) electrons. The molecule has 1 aromatic heterocycles. The van der Waals surface area contributed by atoms with Gasteiger partial charge in [0.25, 0.3) is 0 Å². The van der Waals surface area contributed by atoms with E-state index >= 15 is 0 Å². The average molecular weight is 249 g/mol. The second-order valence-corrected chi connectivity index (χ2v) is 3.64. The van der Waals surface area contributed by atoms with Gasteiger partial charge in [-0.15, -0.1) is 5.10 Å². The number of nitrogens with zero attached hydrogens (tertiary/aromatic N) is 3. The van der Waals surface area contributed by atoms with Crippen molar-refractivity contribution in [1.82, 2.24) is 15.0 Å². The largest absolute Gasteiger partial charge is 0.461 e. The van der Waals surface area contributed by atoms with Crippen LogP contribution in [0.3, 0.4) is 0 Å². The first-order valence-corrected chi connectivity index (χ1v) is 5.46. The number of benzene rings is 1. The molecule has 1 aromatic carbocycles. The van der Waals surface area contributed by atoms with E-state index in [0.29, 0.717) is 11.3 Å². The zero-order chi connectivity index (χ0) is 13.1. The highest BCUT2D eigenvalue weighted by Crippen LogP contribution is 2.22. The van der Waals surface area contributed by atoms with Gasteiger partial charge in [-0.2, -0.15) is 0 Å². The van der Waals surface area contributed by atoms with Gasteiger partial charge in [0.05, 0.1) is 6.61 Å². The van der Waals surface area contributed by atoms with Crippen LogP contribution in [0.1, 0.15) is 17.4 Å². The minimum absolute atomic E-state index is 0.131. The first-order valence-electron chi connectivity index (χ1n) is 5.46. The summed E-state index contributed by atoms with van der Waals surface area (Å²) < 4.78 is 19.2. The molecule has 1 heterocycles. The number of esters is 1. The SMILES string of the molecule is CCOC(=O)c1nnn(C)c1-c1ccc(F)cc1. The van der Waals surface area contributed by atoms with Gasteiger partial charge in [-0.1, -0.05) is 5.21 Å². The zero-order valence-electron chi connectivity index (χ0n) is 10.1. The Morgan fingerprint density at radius 2 is 2.06 bits per heavy atom. The fraction of sp³-hybridized carbons (Fsp3) is 0.250. The predicted molar refractivity (Wildman–Crippen MR) is 62.4 cm³/mol. The first-order chi connectivity index (χ1) is 8.63. The van der Waals surface area contributed by atoms with E-state index in [0.717, 1.165) is 0 Å². The third-order valence-electron chi connectivity index (χ3n) is 2.41. The summed E-state index contributed by atoms with van der Waals surface area (Å²) in [5.41, 5.74) is 1.30. The van der Waals surface area contributed by atoms with Crippen LogP contribution < -0.4 is 0 Å². The number of hydrogen-bond acceptors (Lipinski definition) is 4. The van der Waals surface area contributed by atoms with E-state index in [9.17, 15) is 9.18 Å². The van der Waals surface area contributed by atoms with Crippen molar-refractivity contribution >= 4 is 5.97 Å². The summed E-state index contributed by atoms with van der Waals surface area (Å²) in [7, 11) is 1.66. The topological polar surface area (TPSA) is 57.0 Å². The highest BCUT2D eigenvalue weighted by atomic mass is 19.1. The number of carbonyl (C=O) groups is 1. The van der Waals surface area contributed by atoms with E-state index in [1.165, 1.54) is 16.8 Å². The normalized spacial score (nSPS) is 10.4. The molecule has 0 atom stereocenters. The Labute approximate surface area is 103 Å². The number of halogens is 1. The van der Waals surface area contributed by atoms with Crippen LogP contribution in [0.15, 0.2) is 24.3 Å². The minimum atomic E-state index is -0.537. The molecule has 2 aromatic rings. The molecule has 18 heavy (non-hydrogen) atoms. The number of rotatable bonds is 3. The fourth-order valence-electron chi connectivity index (χ4n) is 1.63. The molecule has 0 spiro atoms. The summed E-state index contributed by atoms with van der Waals surface area (Å²) in [5, 5.41) is 7.57. The molecule has 0 fully saturated rings. The van der Waals surface area contributed by atoms with Crippen molar-refractivity contribution in [3.8, 4) is 11.3 Å². The molecular weight excluding hydrogens is 237 g/mol. The quantitative estimate of drug-likeness (QED) is 0.778. The van der Waals surface area contributed by atoms with Gasteiger partial charge in [-0.3, -0.25) is 0 Å². The Bertz CT molecular complexity index is 563. The third-order valence-corrected chi connectivity index (χ3v) is 2.41. The Morgan fingerprint density at radius 3 is 2.67 bits per heavy atom. The van der Waals surface area contributed by atoms with Gasteiger partial charge in [-0.25, -0.2) is 13.9 Å². The van der Waals surface area contributed by atoms with Crippen LogP contribution in [-0.2, 0) is 11.8 Å². The van der Waals surface area contributed by atoms with Crippen molar-refractivity contribution in [3.63, 3.8) is 0 Å². The maximum atomic E-state index is 12.9. The number of hydrogen-bond donors (Lipinski definition) is 0. The van der Waals surface area contributed by atoms with E-state index in [-0.39, 0.29) is 18.1 Å². The number of aryl methyl sites for hydroxylation is 1. The molecule has 0 saturated heterocycles. The third kappa shape index (κ3) is 2.22. The minimum Gasteiger partial charge on any atom is -0.461 e. The number of aromatic nitrogens is 3. The van der Waals surface area contributed by atoms with Gasteiger partial charge in [0.15, 0.2) is 5.69 Å². The van der Waals surface area contributed by atoms with E-state index in [1.54, 1.807) is 26.1 Å². The Balaban J connectivity index is 2.46. The van der Waals surface area contributed by atoms with Gasteiger partial charge in [0, 0.05) is 12.6 Å². The van der Waals surface area contributed by atoms with Crippen molar-refractivity contribution in [3.05, 3.63) is 35.8 Å². The smallest absolute Gasteiger partial charge is 0.361 e. The van der Waals surface area contributed by atoms with Crippen LogP contribution in [0.2, 0.25) is 0 Å². The van der Waals surface area contributed by atoms with Gasteiger partial charge in [0.2, 0.25) is 0 Å². The van der Waals surface area contributed by atoms with Crippen molar-refractivity contribution in [1.29, 1.82) is 0 Å². The molecule has 5 nitrogen and oxygen atoms in total. The molecule has 0 aliphatic rings. The molecule has 0 aliphatic heterocycles. The van der Waals surface area contributed by atoms with E-state index < -0.39 is 5.97 Å². The van der Waals surface area contributed by atoms with Crippen LogP contribution in [0, 0.1) is 5.82 Å². The number of ether oxygens (including phenoxy) is 1. The number of carbonyl (C=O) groups excluding carboxylic acids is 1. The molecular formula is C12H12FN3O2. The van der Waals surface area contributed by atoms with Gasteiger partial charge < -0.3 is 4.74 Å². The summed E-state index contributed by atoms with van der Waals surface area (Å²) in [6, 6.07) is 5.77. The zero-order valence-corrected chi connectivity index (χ0v) is 10.1. The molecule has 0 N–H and O–H groups in total. The second kappa shape index (κ2) is 4.95. The molecule has 0 unspecified atom stereocenters. The maximum Gasteiger partial charge on any atom is 0.361 e. The van der Waals surface area contributed by atoms with Crippen LogP contribution in [0.25, 0.3) is 11.3 Å². The predicted octanol–water partition coefficient (Wildman–Crippen LogP) is 1.80. The van der Waals surface area contributed by atoms with Crippen molar-refractivity contribution in [2.45, 2.75) is 6.92 Å². The fourth-order valence-corrected chi connectivity index (χ4v) is 1.63. The Hall–Kier alpha value is -2.24. The van der Waals surface area contributed by atoms with Crippen molar-refractivity contribution in [2.24, 2.45) is 7.05 Å². The van der Waals surface area contributed by atoms with E-state index in [4.69, 9.17) is 4.74 Å². The summed E-state index contributed by atoms with van der Waals surface area (Å²) in [4.78, 5) is 11.7. The van der Waals surface area contributed by atoms with Gasteiger partial charge >= 0.3 is 5.97 Å². The lowest BCUT2D eigenvalue weighted by atomic mass is 10.1. The average Bonchev–Trinajstić information content (AvgIpc) is 2.73. The van der Waals surface area contributed by atoms with Crippen LogP contribution >= 0.6 is 0 Å². The molecule has 2 rings (SSSR count). The summed E-state index contributed by atoms with van der Waals surface area (Å²) in [5.74, 6) is -0.878. The van der Waals surface area contributed by atoms with Crippen LogP contribution in [-0.4, -0.2) is 27.6 Å². The summed E-state index contributed by atoms with van der Waals surface area (Å²) in [6.45, 7) is 1.98. The van der Waals surface area contributed by atoms with Crippen molar-refractivity contribution < 1.29 is 13.9 Å². The van der Waals surface area contributed by atoms with Gasteiger partial charge in [-0.05, 0) is 31.2 Å². The summed E-state index contributed by atoms with van der Waals surface area (Å²) in [6.07, 6.45) is 0. The standard InChI is InChI=1S/C12H12FN3O2/c1-3-18-12(17)10-11(16(2)15-14-10)8-4-6-9(13)7-5-8/h4-7H,3H2,1-2H3. The van der Waals surface area contributed by atoms with E-state index in [2.05, 4.69) is 10.3 Å². The molecule has 0 saturated carbocycles. The highest BCUT2D eigenvalue weighted by Gasteiger charge is 2.20. The molecule has 0 bridgehead atoms. The lowest BCUT2D eigenvalue weighted by molar-refractivity contribution is 0.0520. The second-order valence-electron chi connectivity index (χ2n) is 3.64. The van der Waals surface area contributed by atoms with Crippen LogP contribution in [0.4, 0.5) is 4.39 Å². The van der Waals surface area contributed by atoms with Gasteiger partial charge in [0.1, 0.15) is 11.5 Å². The monoisotopic (exact) mass is 249 g/mol. The molecule has 0 aliphatic carbocycles. The lowest BCUT2D eigenvalue weighted by Gasteiger charge is -2.04. The van der Waals surface area contributed by atoms with E-state index in [1.807, 2.05) is 0 Å². The first kappa shape index (κ1) is 12.2.